The van der Waals surface area contributed by atoms with Crippen molar-refractivity contribution in [2.45, 2.75) is 38.8 Å². The molecule has 2 rings (SSSR count). The molecule has 1 aliphatic heterocycles. The zero-order chi connectivity index (χ0) is 14.3. The Morgan fingerprint density at radius 2 is 2.21 bits per heavy atom. The highest BCUT2D eigenvalue weighted by atomic mass is 32.2. The third-order valence-electron chi connectivity index (χ3n) is 2.62. The normalized spacial score (nSPS) is 26.7. The predicted molar refractivity (Wildman–Crippen MR) is 68.7 cm³/mol. The number of rotatable bonds is 4. The third kappa shape index (κ3) is 3.71. The van der Waals surface area contributed by atoms with Crippen LogP contribution in [0.2, 0.25) is 0 Å². The summed E-state index contributed by atoms with van der Waals surface area (Å²) in [7, 11) is -4.00. The Balaban J connectivity index is 2.18. The maximum absolute atomic E-state index is 10.9. The molecule has 1 fully saturated rings. The van der Waals surface area contributed by atoms with Crippen molar-refractivity contribution in [3.63, 3.8) is 0 Å². The number of hydrogen-bond donors (Lipinski definition) is 1. The van der Waals surface area contributed by atoms with E-state index >= 15 is 0 Å². The second-order valence-corrected chi connectivity index (χ2v) is 6.78. The molecule has 108 valence electrons. The lowest BCUT2D eigenvalue weighted by molar-refractivity contribution is -0.148. The summed E-state index contributed by atoms with van der Waals surface area (Å²) in [6.45, 7) is 5.18. The summed E-state index contributed by atoms with van der Waals surface area (Å²) in [5.41, 5.74) is 2.54. The van der Waals surface area contributed by atoms with Crippen molar-refractivity contribution in [1.82, 2.24) is 4.98 Å². The quantitative estimate of drug-likeness (QED) is 0.885. The number of nitrogens with zero attached hydrogens (tertiary/aromatic N) is 1. The van der Waals surface area contributed by atoms with Crippen molar-refractivity contribution in [1.29, 1.82) is 0 Å². The van der Waals surface area contributed by atoms with Crippen LogP contribution in [0.1, 0.15) is 30.5 Å². The zero-order valence-corrected chi connectivity index (χ0v) is 12.5. The molecule has 0 unspecified atom stereocenters. The van der Waals surface area contributed by atoms with Crippen molar-refractivity contribution >= 4 is 21.6 Å². The topological polar surface area (TPSA) is 101 Å². The van der Waals surface area contributed by atoms with E-state index in [0.717, 1.165) is 10.6 Å². The van der Waals surface area contributed by atoms with Crippen LogP contribution < -0.4 is 5.14 Å². The van der Waals surface area contributed by atoms with Crippen LogP contribution in [-0.4, -0.2) is 31.9 Å². The fraction of sp³-hybridized carbons (Fsp3) is 0.700. The van der Waals surface area contributed by atoms with Crippen molar-refractivity contribution in [3.05, 3.63) is 16.1 Å². The monoisotopic (exact) mass is 308 g/mol. The minimum Gasteiger partial charge on any atom is -0.342 e. The minimum absolute atomic E-state index is 0.190. The first-order chi connectivity index (χ1) is 8.68. The summed E-state index contributed by atoms with van der Waals surface area (Å²) in [6.07, 6.45) is -0.961. The van der Waals surface area contributed by atoms with Gasteiger partial charge < -0.3 is 9.47 Å². The number of ether oxygens (including phenoxy) is 2. The van der Waals surface area contributed by atoms with Crippen LogP contribution in [-0.2, 0) is 24.0 Å². The van der Waals surface area contributed by atoms with Crippen molar-refractivity contribution in [3.8, 4) is 0 Å². The molecule has 0 aromatic carbocycles. The second-order valence-electron chi connectivity index (χ2n) is 4.67. The molecule has 19 heavy (non-hydrogen) atoms. The Morgan fingerprint density at radius 3 is 2.74 bits per heavy atom. The van der Waals surface area contributed by atoms with Gasteiger partial charge in [-0.05, 0) is 20.8 Å². The Hall–Kier alpha value is -0.580. The second kappa shape index (κ2) is 5.08. The molecule has 1 aromatic heterocycles. The van der Waals surface area contributed by atoms with Gasteiger partial charge in [0.15, 0.2) is 5.79 Å². The zero-order valence-electron chi connectivity index (χ0n) is 10.8. The fourth-order valence-electron chi connectivity index (χ4n) is 1.93. The summed E-state index contributed by atoms with van der Waals surface area (Å²) < 4.78 is 37.8. The van der Waals surface area contributed by atoms with Gasteiger partial charge in [0.2, 0.25) is 0 Å². The average Bonchev–Trinajstić information content (AvgIpc) is 2.77. The van der Waals surface area contributed by atoms with E-state index in [1.165, 1.54) is 11.3 Å². The number of aromatic nitrogens is 1. The molecule has 0 amide bonds. The van der Waals surface area contributed by atoms with Gasteiger partial charge in [-0.25, -0.2) is 10.1 Å². The molecule has 0 saturated carbocycles. The number of nitrogens with two attached hydrogens (primary N) is 1. The highest BCUT2D eigenvalue weighted by Gasteiger charge is 2.44. The van der Waals surface area contributed by atoms with E-state index in [1.54, 1.807) is 19.4 Å². The SMILES string of the molecule is Cc1ncsc1[C@@H]1OC(C)(C)O[C@H]1COS(N)(=O)=O. The van der Waals surface area contributed by atoms with E-state index in [1.807, 2.05) is 6.92 Å². The van der Waals surface area contributed by atoms with E-state index in [9.17, 15) is 8.42 Å². The Morgan fingerprint density at radius 1 is 1.53 bits per heavy atom. The maximum Gasteiger partial charge on any atom is 0.333 e. The van der Waals surface area contributed by atoms with Gasteiger partial charge in [0.25, 0.3) is 0 Å². The molecule has 2 heterocycles. The molecule has 0 radical (unpaired) electrons. The molecule has 0 bridgehead atoms. The largest absolute Gasteiger partial charge is 0.342 e. The first-order valence-electron chi connectivity index (χ1n) is 5.61. The lowest BCUT2D eigenvalue weighted by Gasteiger charge is -2.16. The number of thiazole rings is 1. The molecule has 1 aliphatic rings. The number of aryl methyl sites for hydroxylation is 1. The van der Waals surface area contributed by atoms with Gasteiger partial charge in [-0.15, -0.1) is 11.3 Å². The number of hydrogen-bond acceptors (Lipinski definition) is 7. The summed E-state index contributed by atoms with van der Waals surface area (Å²) in [5, 5.41) is 4.82. The van der Waals surface area contributed by atoms with Crippen LogP contribution in [0.4, 0.5) is 0 Å². The molecule has 2 N–H and O–H groups in total. The van der Waals surface area contributed by atoms with Gasteiger partial charge in [0, 0.05) is 0 Å². The first kappa shape index (κ1) is 14.8. The Labute approximate surface area is 115 Å². The van der Waals surface area contributed by atoms with Crippen LogP contribution in [0.3, 0.4) is 0 Å². The summed E-state index contributed by atoms with van der Waals surface area (Å²) in [5.74, 6) is -0.812. The van der Waals surface area contributed by atoms with Crippen LogP contribution in [0.5, 0.6) is 0 Å². The van der Waals surface area contributed by atoms with Crippen LogP contribution in [0.25, 0.3) is 0 Å². The average molecular weight is 308 g/mol. The van der Waals surface area contributed by atoms with Crippen molar-refractivity contribution in [2.24, 2.45) is 5.14 Å². The molecule has 1 aromatic rings. The van der Waals surface area contributed by atoms with Crippen molar-refractivity contribution < 1.29 is 22.1 Å². The molecule has 1 saturated heterocycles. The van der Waals surface area contributed by atoms with Crippen molar-refractivity contribution in [2.75, 3.05) is 6.61 Å². The summed E-state index contributed by atoms with van der Waals surface area (Å²) >= 11 is 1.43. The van der Waals surface area contributed by atoms with Crippen LogP contribution in [0.15, 0.2) is 5.51 Å². The highest BCUT2D eigenvalue weighted by molar-refractivity contribution is 7.84. The van der Waals surface area contributed by atoms with Gasteiger partial charge >= 0.3 is 10.3 Å². The summed E-state index contributed by atoms with van der Waals surface area (Å²) in [4.78, 5) is 5.05. The van der Waals surface area contributed by atoms with Gasteiger partial charge in [-0.1, -0.05) is 0 Å². The van der Waals surface area contributed by atoms with E-state index in [2.05, 4.69) is 9.17 Å². The predicted octanol–water partition coefficient (Wildman–Crippen LogP) is 0.864. The molecule has 0 aliphatic carbocycles. The minimum atomic E-state index is -4.00. The highest BCUT2D eigenvalue weighted by Crippen LogP contribution is 2.40. The van der Waals surface area contributed by atoms with Gasteiger partial charge in [-0.3, -0.25) is 4.18 Å². The molecular weight excluding hydrogens is 292 g/mol. The Kier molecular flexibility index (Phi) is 3.96. The Bertz CT molecular complexity index is 554. The van der Waals surface area contributed by atoms with Gasteiger partial charge in [0.1, 0.15) is 12.2 Å². The van der Waals surface area contributed by atoms with E-state index in [-0.39, 0.29) is 6.61 Å². The molecule has 7 nitrogen and oxygen atoms in total. The third-order valence-corrected chi connectivity index (χ3v) is 4.08. The fourth-order valence-corrected chi connectivity index (χ4v) is 3.13. The summed E-state index contributed by atoms with van der Waals surface area (Å²) in [6, 6.07) is 0. The lowest BCUT2D eigenvalue weighted by Crippen LogP contribution is -2.28. The molecule has 9 heteroatoms. The molecule has 0 spiro atoms. The molecule has 2 atom stereocenters. The van der Waals surface area contributed by atoms with Gasteiger partial charge in [0.05, 0.1) is 22.7 Å². The van der Waals surface area contributed by atoms with Gasteiger partial charge in [-0.2, -0.15) is 8.42 Å². The maximum atomic E-state index is 10.9. The van der Waals surface area contributed by atoms with E-state index in [4.69, 9.17) is 14.6 Å². The standard InChI is InChI=1S/C10H16N2O5S2/c1-6-9(18-5-12-6)8-7(4-15-19(11,13)14)16-10(2,3)17-8/h5,7-8H,4H2,1-3H3,(H2,11,13,14)/t7-,8+/m0/s1. The lowest BCUT2D eigenvalue weighted by atomic mass is 10.1. The smallest absolute Gasteiger partial charge is 0.333 e. The first-order valence-corrected chi connectivity index (χ1v) is 7.96. The van der Waals surface area contributed by atoms with Crippen LogP contribution >= 0.6 is 11.3 Å². The van der Waals surface area contributed by atoms with E-state index < -0.39 is 28.3 Å². The molecular formula is C10H16N2O5S2. The van der Waals surface area contributed by atoms with Crippen LogP contribution in [0, 0.1) is 6.92 Å². The van der Waals surface area contributed by atoms with E-state index in [0.29, 0.717) is 0 Å².